The van der Waals surface area contributed by atoms with Crippen molar-refractivity contribution in [1.82, 2.24) is 10.9 Å². The van der Waals surface area contributed by atoms with Crippen LogP contribution in [0.5, 0.6) is 11.5 Å². The number of rotatable bonds is 8. The van der Waals surface area contributed by atoms with Gasteiger partial charge in [0.25, 0.3) is 11.8 Å². The zero-order valence-corrected chi connectivity index (χ0v) is 16.3. The molecule has 0 saturated carbocycles. The van der Waals surface area contributed by atoms with Crippen molar-refractivity contribution in [3.05, 3.63) is 58.9 Å². The van der Waals surface area contributed by atoms with Gasteiger partial charge in [-0.1, -0.05) is 11.6 Å². The van der Waals surface area contributed by atoms with Gasteiger partial charge in [-0.15, -0.1) is 0 Å². The van der Waals surface area contributed by atoms with E-state index in [1.807, 2.05) is 0 Å². The van der Waals surface area contributed by atoms with Crippen LogP contribution in [0.15, 0.2) is 42.5 Å². The number of hydrazine groups is 1. The van der Waals surface area contributed by atoms with E-state index in [2.05, 4.69) is 10.9 Å². The van der Waals surface area contributed by atoms with E-state index in [1.165, 1.54) is 13.2 Å². The van der Waals surface area contributed by atoms with Crippen molar-refractivity contribution >= 4 is 23.4 Å². The van der Waals surface area contributed by atoms with Crippen LogP contribution in [0.25, 0.3) is 0 Å². The molecular weight excluding hydrogens is 389 g/mol. The largest absolute Gasteiger partial charge is 0.494 e. The lowest BCUT2D eigenvalue weighted by Crippen LogP contribution is -3.09. The lowest BCUT2D eigenvalue weighted by molar-refractivity contribution is -0.885. The second-order valence-electron chi connectivity index (χ2n) is 6.12. The number of quaternary nitrogens is 1. The van der Waals surface area contributed by atoms with Crippen LogP contribution >= 0.6 is 11.6 Å². The third kappa shape index (κ3) is 7.05. The van der Waals surface area contributed by atoms with E-state index >= 15 is 0 Å². The number of methoxy groups -OCH3 is 1. The predicted octanol–water partition coefficient (Wildman–Crippen LogP) is 0.729. The Morgan fingerprint density at radius 3 is 2.43 bits per heavy atom. The molecule has 0 radical (unpaired) electrons. The Labute approximate surface area is 167 Å². The fraction of sp³-hybridized carbons (Fsp3) is 0.263. The number of nitrogens with one attached hydrogen (secondary N) is 3. The molecule has 0 aliphatic rings. The summed E-state index contributed by atoms with van der Waals surface area (Å²) < 4.78 is 23.9. The number of hydrogen-bond acceptors (Lipinski definition) is 4. The van der Waals surface area contributed by atoms with Gasteiger partial charge in [-0.05, 0) is 42.5 Å². The highest BCUT2D eigenvalue weighted by atomic mass is 35.5. The number of hydrogen-bond donors (Lipinski definition) is 3. The minimum Gasteiger partial charge on any atom is -0.494 e. The SMILES string of the molecule is COc1ccc(C[NH+](C)CC(=O)NNC(=O)COc2ccc(Cl)cc2)cc1F. The molecule has 2 aromatic carbocycles. The third-order valence-corrected chi connectivity index (χ3v) is 3.96. The molecule has 0 fully saturated rings. The summed E-state index contributed by atoms with van der Waals surface area (Å²) >= 11 is 5.76. The Kier molecular flexibility index (Phi) is 8.03. The quantitative estimate of drug-likeness (QED) is 0.560. The number of carbonyl (C=O) groups excluding carboxylic acids is 2. The molecule has 28 heavy (non-hydrogen) atoms. The summed E-state index contributed by atoms with van der Waals surface area (Å²) in [6, 6.07) is 11.2. The summed E-state index contributed by atoms with van der Waals surface area (Å²) in [4.78, 5) is 24.5. The monoisotopic (exact) mass is 410 g/mol. The molecule has 2 amide bonds. The molecule has 0 aromatic heterocycles. The molecule has 0 heterocycles. The first-order chi connectivity index (χ1) is 13.4. The number of benzene rings is 2. The molecule has 0 spiro atoms. The van der Waals surface area contributed by atoms with Crippen molar-refractivity contribution in [2.24, 2.45) is 0 Å². The van der Waals surface area contributed by atoms with E-state index in [-0.39, 0.29) is 24.8 Å². The Balaban J connectivity index is 1.70. The van der Waals surface area contributed by atoms with Crippen LogP contribution in [0.3, 0.4) is 0 Å². The molecule has 9 heteroatoms. The van der Waals surface area contributed by atoms with Crippen LogP contribution < -0.4 is 25.2 Å². The zero-order chi connectivity index (χ0) is 20.5. The summed E-state index contributed by atoms with van der Waals surface area (Å²) in [5, 5.41) is 0.563. The molecule has 1 atom stereocenters. The van der Waals surface area contributed by atoms with E-state index in [4.69, 9.17) is 21.1 Å². The van der Waals surface area contributed by atoms with Gasteiger partial charge in [0.15, 0.2) is 24.7 Å². The van der Waals surface area contributed by atoms with Gasteiger partial charge in [-0.2, -0.15) is 0 Å². The Morgan fingerprint density at radius 2 is 1.79 bits per heavy atom. The van der Waals surface area contributed by atoms with Gasteiger partial charge in [-0.3, -0.25) is 20.4 Å². The van der Waals surface area contributed by atoms with Gasteiger partial charge in [0.05, 0.1) is 14.2 Å². The number of halogens is 2. The highest BCUT2D eigenvalue weighted by molar-refractivity contribution is 6.30. The van der Waals surface area contributed by atoms with Gasteiger partial charge in [0.2, 0.25) is 0 Å². The molecule has 0 bridgehead atoms. The zero-order valence-electron chi connectivity index (χ0n) is 15.6. The molecule has 0 aliphatic carbocycles. The van der Waals surface area contributed by atoms with E-state index in [0.717, 1.165) is 10.5 Å². The van der Waals surface area contributed by atoms with Crippen molar-refractivity contribution in [3.63, 3.8) is 0 Å². The minimum absolute atomic E-state index is 0.0893. The van der Waals surface area contributed by atoms with Crippen LogP contribution in [-0.4, -0.2) is 39.1 Å². The summed E-state index contributed by atoms with van der Waals surface area (Å²) in [6.45, 7) is 0.268. The molecule has 150 valence electrons. The Hall–Kier alpha value is -2.84. The van der Waals surface area contributed by atoms with Crippen molar-refractivity contribution in [1.29, 1.82) is 0 Å². The van der Waals surface area contributed by atoms with Gasteiger partial charge in [0, 0.05) is 10.6 Å². The van der Waals surface area contributed by atoms with Crippen LogP contribution in [0.1, 0.15) is 5.56 Å². The number of likely N-dealkylation sites (N-methyl/N-ethyl adjacent to an activating group) is 1. The maximum absolute atomic E-state index is 13.7. The highest BCUT2D eigenvalue weighted by Gasteiger charge is 2.13. The lowest BCUT2D eigenvalue weighted by atomic mass is 10.2. The molecule has 7 nitrogen and oxygen atoms in total. The Morgan fingerprint density at radius 1 is 1.11 bits per heavy atom. The summed E-state index contributed by atoms with van der Waals surface area (Å²) in [5.41, 5.74) is 5.32. The number of amides is 2. The van der Waals surface area contributed by atoms with E-state index in [0.29, 0.717) is 17.3 Å². The second-order valence-corrected chi connectivity index (χ2v) is 6.55. The normalized spacial score (nSPS) is 11.4. The first-order valence-corrected chi connectivity index (χ1v) is 8.85. The maximum Gasteiger partial charge on any atom is 0.293 e. The topological polar surface area (TPSA) is 81.1 Å². The average molecular weight is 411 g/mol. The molecule has 0 aliphatic heterocycles. The molecule has 3 N–H and O–H groups in total. The molecule has 2 rings (SSSR count). The fourth-order valence-corrected chi connectivity index (χ4v) is 2.53. The van der Waals surface area contributed by atoms with E-state index < -0.39 is 11.7 Å². The van der Waals surface area contributed by atoms with E-state index in [9.17, 15) is 14.0 Å². The standard InChI is InChI=1S/C19H21ClFN3O4/c1-24(10-13-3-8-17(27-2)16(21)9-13)11-18(25)22-23-19(26)12-28-15-6-4-14(20)5-7-15/h3-9H,10-12H2,1-2H3,(H,22,25)(H,23,26)/p+1. The van der Waals surface area contributed by atoms with Crippen molar-refractivity contribution in [2.75, 3.05) is 27.3 Å². The molecule has 0 saturated heterocycles. The van der Waals surface area contributed by atoms with Crippen molar-refractivity contribution in [2.45, 2.75) is 6.54 Å². The summed E-state index contributed by atoms with van der Waals surface area (Å²) in [7, 11) is 3.18. The predicted molar refractivity (Wildman–Crippen MR) is 102 cm³/mol. The highest BCUT2D eigenvalue weighted by Crippen LogP contribution is 2.17. The minimum atomic E-state index is -0.502. The smallest absolute Gasteiger partial charge is 0.293 e. The second kappa shape index (κ2) is 10.5. The molecule has 1 unspecified atom stereocenters. The van der Waals surface area contributed by atoms with Gasteiger partial charge in [-0.25, -0.2) is 4.39 Å². The molecular formula is C19H22ClFN3O4+. The molecule has 2 aromatic rings. The lowest BCUT2D eigenvalue weighted by Gasteiger charge is -2.15. The fourth-order valence-electron chi connectivity index (χ4n) is 2.40. The van der Waals surface area contributed by atoms with Crippen LogP contribution in [-0.2, 0) is 16.1 Å². The Bertz CT molecular complexity index is 817. The first-order valence-electron chi connectivity index (χ1n) is 8.47. The average Bonchev–Trinajstić information content (AvgIpc) is 2.66. The van der Waals surface area contributed by atoms with Crippen LogP contribution in [0.2, 0.25) is 5.02 Å². The van der Waals surface area contributed by atoms with Crippen molar-refractivity contribution < 1.29 is 28.4 Å². The number of ether oxygens (including phenoxy) is 2. The van der Waals surface area contributed by atoms with Gasteiger partial charge < -0.3 is 14.4 Å². The number of carbonyl (C=O) groups is 2. The third-order valence-electron chi connectivity index (χ3n) is 3.71. The van der Waals surface area contributed by atoms with Crippen LogP contribution in [0, 0.1) is 5.82 Å². The maximum atomic E-state index is 13.7. The summed E-state index contributed by atoms with van der Waals surface area (Å²) in [6.07, 6.45) is 0. The van der Waals surface area contributed by atoms with Gasteiger partial charge >= 0.3 is 0 Å². The van der Waals surface area contributed by atoms with Crippen molar-refractivity contribution in [3.8, 4) is 11.5 Å². The first kappa shape index (κ1) is 21.5. The summed E-state index contributed by atoms with van der Waals surface area (Å²) in [5.74, 6) is -0.681. The van der Waals surface area contributed by atoms with E-state index in [1.54, 1.807) is 43.4 Å². The van der Waals surface area contributed by atoms with Gasteiger partial charge in [0.1, 0.15) is 12.3 Å². The van der Waals surface area contributed by atoms with Crippen LogP contribution in [0.4, 0.5) is 4.39 Å².